The fraction of sp³-hybridized carbons (Fsp3) is 0.682. The van der Waals surface area contributed by atoms with Crippen molar-refractivity contribution in [1.82, 2.24) is 25.4 Å². The smallest absolute Gasteiger partial charge is 0.224 e. The molecule has 0 radical (unpaired) electrons. The summed E-state index contributed by atoms with van der Waals surface area (Å²) in [7, 11) is 0. The Bertz CT molecular complexity index is 650. The van der Waals surface area contributed by atoms with Crippen LogP contribution in [0.4, 0.5) is 5.82 Å². The van der Waals surface area contributed by atoms with Crippen molar-refractivity contribution in [3.05, 3.63) is 23.9 Å². The van der Waals surface area contributed by atoms with Gasteiger partial charge in [-0.25, -0.2) is 9.98 Å². The molecule has 0 aromatic carbocycles. The first kappa shape index (κ1) is 23.9. The Morgan fingerprint density at radius 3 is 2.40 bits per heavy atom. The number of guanidine groups is 1. The second-order valence-corrected chi connectivity index (χ2v) is 7.38. The van der Waals surface area contributed by atoms with E-state index in [2.05, 4.69) is 49.5 Å². The normalized spacial score (nSPS) is 15.2. The zero-order valence-electron chi connectivity index (χ0n) is 19.2. The first-order chi connectivity index (χ1) is 14.6. The van der Waals surface area contributed by atoms with Gasteiger partial charge in [-0.3, -0.25) is 4.79 Å². The maximum atomic E-state index is 12.1. The molecule has 0 bridgehead atoms. The Hall–Kier alpha value is -2.35. The Morgan fingerprint density at radius 1 is 1.10 bits per heavy atom. The van der Waals surface area contributed by atoms with Crippen LogP contribution in [0.25, 0.3) is 0 Å². The molecule has 1 saturated heterocycles. The van der Waals surface area contributed by atoms with Gasteiger partial charge < -0.3 is 25.3 Å². The summed E-state index contributed by atoms with van der Waals surface area (Å²) in [5, 5.41) is 6.49. The highest BCUT2D eigenvalue weighted by atomic mass is 16.2. The van der Waals surface area contributed by atoms with Crippen molar-refractivity contribution in [1.29, 1.82) is 0 Å². The van der Waals surface area contributed by atoms with Gasteiger partial charge in [-0.05, 0) is 38.9 Å². The number of nitrogens with zero attached hydrogens (tertiary/aromatic N) is 5. The second-order valence-electron chi connectivity index (χ2n) is 7.38. The van der Waals surface area contributed by atoms with E-state index in [1.165, 1.54) is 0 Å². The molecular formula is C22H39N7O. The van der Waals surface area contributed by atoms with Gasteiger partial charge in [0.1, 0.15) is 5.82 Å². The molecule has 8 nitrogen and oxygen atoms in total. The molecule has 1 aliphatic heterocycles. The van der Waals surface area contributed by atoms with Crippen molar-refractivity contribution >= 4 is 17.7 Å². The molecule has 8 heteroatoms. The molecule has 1 aromatic heterocycles. The lowest BCUT2D eigenvalue weighted by atomic mass is 10.2. The van der Waals surface area contributed by atoms with E-state index in [0.29, 0.717) is 19.5 Å². The van der Waals surface area contributed by atoms with Crippen LogP contribution in [0.5, 0.6) is 0 Å². The monoisotopic (exact) mass is 417 g/mol. The highest BCUT2D eigenvalue weighted by Crippen LogP contribution is 2.14. The summed E-state index contributed by atoms with van der Waals surface area (Å²) in [5.74, 6) is 1.94. The molecular weight excluding hydrogens is 378 g/mol. The fourth-order valence-electron chi connectivity index (χ4n) is 3.52. The number of carbonyl (C=O) groups is 1. The largest absolute Gasteiger partial charge is 0.357 e. The first-order valence-corrected chi connectivity index (χ1v) is 11.3. The Morgan fingerprint density at radius 2 is 1.83 bits per heavy atom. The van der Waals surface area contributed by atoms with E-state index in [1.807, 2.05) is 31.9 Å². The minimum Gasteiger partial charge on any atom is -0.357 e. The van der Waals surface area contributed by atoms with E-state index in [0.717, 1.165) is 69.7 Å². The van der Waals surface area contributed by atoms with Gasteiger partial charge in [-0.2, -0.15) is 0 Å². The van der Waals surface area contributed by atoms with Gasteiger partial charge in [-0.1, -0.05) is 13.0 Å². The third kappa shape index (κ3) is 7.48. The predicted molar refractivity (Wildman–Crippen MR) is 124 cm³/mol. The van der Waals surface area contributed by atoms with E-state index in [4.69, 9.17) is 0 Å². The Labute approximate surface area is 181 Å². The number of amides is 1. The summed E-state index contributed by atoms with van der Waals surface area (Å²) in [5.41, 5.74) is 1.07. The van der Waals surface area contributed by atoms with E-state index in [1.54, 1.807) is 0 Å². The lowest BCUT2D eigenvalue weighted by Crippen LogP contribution is -2.46. The Kier molecular flexibility index (Phi) is 10.4. The number of anilines is 1. The molecule has 1 aromatic rings. The number of nitrogens with one attached hydrogen (secondary N) is 2. The van der Waals surface area contributed by atoms with E-state index >= 15 is 0 Å². The Balaban J connectivity index is 1.84. The minimum absolute atomic E-state index is 0.169. The van der Waals surface area contributed by atoms with Crippen molar-refractivity contribution in [3.8, 4) is 0 Å². The summed E-state index contributed by atoms with van der Waals surface area (Å²) in [6, 6.07) is 4.20. The number of rotatable bonds is 10. The van der Waals surface area contributed by atoms with Crippen molar-refractivity contribution in [2.24, 2.45) is 4.99 Å². The van der Waals surface area contributed by atoms with Crippen molar-refractivity contribution in [3.63, 3.8) is 0 Å². The highest BCUT2D eigenvalue weighted by Gasteiger charge is 2.16. The number of hydrogen-bond acceptors (Lipinski definition) is 5. The number of aromatic nitrogens is 1. The van der Waals surface area contributed by atoms with Crippen LogP contribution >= 0.6 is 0 Å². The van der Waals surface area contributed by atoms with Crippen molar-refractivity contribution < 1.29 is 4.79 Å². The molecule has 1 amide bonds. The quantitative estimate of drug-likeness (QED) is 0.444. The molecule has 1 aliphatic rings. The number of likely N-dealkylation sites (N-methyl/N-ethyl adjacent to an activating group) is 1. The highest BCUT2D eigenvalue weighted by molar-refractivity contribution is 5.81. The van der Waals surface area contributed by atoms with Crippen LogP contribution in [0.2, 0.25) is 0 Å². The van der Waals surface area contributed by atoms with Gasteiger partial charge in [0, 0.05) is 65.0 Å². The minimum atomic E-state index is 0.169. The van der Waals surface area contributed by atoms with Crippen LogP contribution in [0.1, 0.15) is 39.7 Å². The van der Waals surface area contributed by atoms with Gasteiger partial charge in [0.15, 0.2) is 5.96 Å². The molecule has 168 valence electrons. The van der Waals surface area contributed by atoms with Gasteiger partial charge in [-0.15, -0.1) is 0 Å². The van der Waals surface area contributed by atoms with Crippen LogP contribution < -0.4 is 15.5 Å². The molecule has 2 heterocycles. The number of aliphatic imine (C=N–C) groups is 1. The third-order valence-electron chi connectivity index (χ3n) is 5.46. The fourth-order valence-corrected chi connectivity index (χ4v) is 3.52. The summed E-state index contributed by atoms with van der Waals surface area (Å²) in [6.07, 6.45) is 2.38. The maximum Gasteiger partial charge on any atom is 0.224 e. The van der Waals surface area contributed by atoms with E-state index < -0.39 is 0 Å². The average Bonchev–Trinajstić information content (AvgIpc) is 2.78. The predicted octanol–water partition coefficient (Wildman–Crippen LogP) is 1.54. The van der Waals surface area contributed by atoms with Crippen LogP contribution in [0.15, 0.2) is 23.3 Å². The van der Waals surface area contributed by atoms with Crippen LogP contribution in [0, 0.1) is 0 Å². The summed E-state index contributed by atoms with van der Waals surface area (Å²) < 4.78 is 0. The number of piperazine rings is 1. The summed E-state index contributed by atoms with van der Waals surface area (Å²) in [6.45, 7) is 17.0. The first-order valence-electron chi connectivity index (χ1n) is 11.3. The lowest BCUT2D eigenvalue weighted by Gasteiger charge is -2.34. The van der Waals surface area contributed by atoms with E-state index in [9.17, 15) is 4.79 Å². The van der Waals surface area contributed by atoms with Crippen LogP contribution in [0.3, 0.4) is 0 Å². The number of hydrogen-bond donors (Lipinski definition) is 2. The lowest BCUT2D eigenvalue weighted by molar-refractivity contribution is -0.130. The average molecular weight is 418 g/mol. The molecule has 1 fully saturated rings. The maximum absolute atomic E-state index is 12.1. The number of carbonyl (C=O) groups excluding carboxylic acids is 1. The molecule has 0 aliphatic carbocycles. The summed E-state index contributed by atoms with van der Waals surface area (Å²) in [4.78, 5) is 28.1. The molecule has 0 atom stereocenters. The van der Waals surface area contributed by atoms with Crippen LogP contribution in [-0.4, -0.2) is 85.6 Å². The van der Waals surface area contributed by atoms with Crippen molar-refractivity contribution in [2.45, 2.75) is 40.7 Å². The third-order valence-corrected chi connectivity index (χ3v) is 5.46. The molecule has 0 unspecified atom stereocenters. The topological polar surface area (TPSA) is 76.1 Å². The molecule has 2 N–H and O–H groups in total. The number of pyridine rings is 1. The van der Waals surface area contributed by atoms with Gasteiger partial charge in [0.05, 0.1) is 6.54 Å². The standard InChI is InChI=1S/C22H39N7O/c1-5-23-22(24-12-11-21(30)28(7-3)8-4)26-18-19-9-10-20(25-17-19)29-15-13-27(6-2)14-16-29/h9-10,17H,5-8,11-16,18H2,1-4H3,(H2,23,24,26). The SMILES string of the molecule is CCNC(=NCc1ccc(N2CCN(CC)CC2)nc1)NCCC(=O)N(CC)CC. The molecule has 0 spiro atoms. The zero-order chi connectivity index (χ0) is 21.8. The summed E-state index contributed by atoms with van der Waals surface area (Å²) >= 11 is 0. The second kappa shape index (κ2) is 13.1. The van der Waals surface area contributed by atoms with Crippen LogP contribution in [-0.2, 0) is 11.3 Å². The van der Waals surface area contributed by atoms with Gasteiger partial charge >= 0.3 is 0 Å². The zero-order valence-corrected chi connectivity index (χ0v) is 19.2. The molecule has 2 rings (SSSR count). The van der Waals surface area contributed by atoms with Crippen molar-refractivity contribution in [2.75, 3.05) is 63.8 Å². The van der Waals surface area contributed by atoms with Gasteiger partial charge in [0.2, 0.25) is 5.91 Å². The van der Waals surface area contributed by atoms with E-state index in [-0.39, 0.29) is 5.91 Å². The molecule has 0 saturated carbocycles. The molecule has 30 heavy (non-hydrogen) atoms. The van der Waals surface area contributed by atoms with Gasteiger partial charge in [0.25, 0.3) is 0 Å².